The SMILES string of the molecule is O=C(NCc1ccco1)[C@H]1CC(=O)N(c2cccc(Cl)c2)C1. The van der Waals surface area contributed by atoms with Crippen LogP contribution in [0, 0.1) is 5.92 Å². The van der Waals surface area contributed by atoms with E-state index >= 15 is 0 Å². The minimum Gasteiger partial charge on any atom is -0.467 e. The van der Waals surface area contributed by atoms with Crippen molar-refractivity contribution in [2.24, 2.45) is 5.92 Å². The Morgan fingerprint density at radius 2 is 2.23 bits per heavy atom. The predicted octanol–water partition coefficient (Wildman–Crippen LogP) is 2.60. The first-order valence-electron chi connectivity index (χ1n) is 6.99. The molecule has 114 valence electrons. The fraction of sp³-hybridized carbons (Fsp3) is 0.250. The Labute approximate surface area is 132 Å². The number of nitrogens with one attached hydrogen (secondary N) is 1. The summed E-state index contributed by atoms with van der Waals surface area (Å²) in [6.07, 6.45) is 1.76. The zero-order valence-electron chi connectivity index (χ0n) is 11.8. The van der Waals surface area contributed by atoms with Gasteiger partial charge < -0.3 is 14.6 Å². The van der Waals surface area contributed by atoms with E-state index in [2.05, 4.69) is 5.32 Å². The number of carbonyl (C=O) groups excluding carboxylic acids is 2. The molecule has 1 aliphatic heterocycles. The van der Waals surface area contributed by atoms with Gasteiger partial charge in [0.2, 0.25) is 11.8 Å². The van der Waals surface area contributed by atoms with Gasteiger partial charge in [-0.05, 0) is 30.3 Å². The lowest BCUT2D eigenvalue weighted by Gasteiger charge is -2.16. The Kier molecular flexibility index (Phi) is 4.15. The number of benzene rings is 1. The molecule has 3 rings (SSSR count). The van der Waals surface area contributed by atoms with Gasteiger partial charge in [-0.2, -0.15) is 0 Å². The molecule has 1 fully saturated rings. The van der Waals surface area contributed by atoms with E-state index in [4.69, 9.17) is 16.0 Å². The Bertz CT molecular complexity index is 684. The molecule has 0 unspecified atom stereocenters. The molecule has 1 aromatic carbocycles. The number of carbonyl (C=O) groups is 2. The van der Waals surface area contributed by atoms with Crippen LogP contribution in [0.1, 0.15) is 12.2 Å². The number of halogens is 1. The highest BCUT2D eigenvalue weighted by Gasteiger charge is 2.35. The molecular formula is C16H15ClN2O3. The average molecular weight is 319 g/mol. The standard InChI is InChI=1S/C16H15ClN2O3/c17-12-3-1-4-13(8-12)19-10-11(7-15(19)20)16(21)18-9-14-5-2-6-22-14/h1-6,8,11H,7,9-10H2,(H,18,21)/t11-/m0/s1. The summed E-state index contributed by atoms with van der Waals surface area (Å²) in [4.78, 5) is 25.9. The maximum absolute atomic E-state index is 12.2. The molecule has 5 nitrogen and oxygen atoms in total. The Balaban J connectivity index is 1.62. The first-order chi connectivity index (χ1) is 10.6. The van der Waals surface area contributed by atoms with E-state index in [-0.39, 0.29) is 24.2 Å². The number of rotatable bonds is 4. The van der Waals surface area contributed by atoms with Gasteiger partial charge in [0.15, 0.2) is 0 Å². The molecule has 1 N–H and O–H groups in total. The zero-order chi connectivity index (χ0) is 15.5. The highest BCUT2D eigenvalue weighted by Crippen LogP contribution is 2.27. The molecule has 2 heterocycles. The first kappa shape index (κ1) is 14.7. The minimum absolute atomic E-state index is 0.0691. The summed E-state index contributed by atoms with van der Waals surface area (Å²) in [6, 6.07) is 10.6. The van der Waals surface area contributed by atoms with E-state index in [9.17, 15) is 9.59 Å². The van der Waals surface area contributed by atoms with E-state index in [1.165, 1.54) is 0 Å². The molecular weight excluding hydrogens is 304 g/mol. The highest BCUT2D eigenvalue weighted by atomic mass is 35.5. The Morgan fingerprint density at radius 3 is 2.95 bits per heavy atom. The van der Waals surface area contributed by atoms with E-state index in [1.54, 1.807) is 41.5 Å². The molecule has 2 aromatic rings. The summed E-state index contributed by atoms with van der Waals surface area (Å²) in [7, 11) is 0. The van der Waals surface area contributed by atoms with Gasteiger partial charge in [-0.1, -0.05) is 17.7 Å². The molecule has 6 heteroatoms. The normalized spacial score (nSPS) is 17.8. The lowest BCUT2D eigenvalue weighted by Crippen LogP contribution is -2.32. The van der Waals surface area contributed by atoms with Gasteiger partial charge in [-0.15, -0.1) is 0 Å². The first-order valence-corrected chi connectivity index (χ1v) is 7.37. The van der Waals surface area contributed by atoms with Crippen LogP contribution >= 0.6 is 11.6 Å². The van der Waals surface area contributed by atoms with Gasteiger partial charge in [0, 0.05) is 23.7 Å². The van der Waals surface area contributed by atoms with Crippen LogP contribution in [0.5, 0.6) is 0 Å². The Morgan fingerprint density at radius 1 is 1.36 bits per heavy atom. The molecule has 0 aliphatic carbocycles. The molecule has 0 saturated carbocycles. The largest absolute Gasteiger partial charge is 0.467 e. The van der Waals surface area contributed by atoms with Crippen molar-refractivity contribution in [1.82, 2.24) is 5.32 Å². The van der Waals surface area contributed by atoms with Crippen molar-refractivity contribution < 1.29 is 14.0 Å². The van der Waals surface area contributed by atoms with Crippen molar-refractivity contribution in [3.8, 4) is 0 Å². The molecule has 1 saturated heterocycles. The number of hydrogen-bond donors (Lipinski definition) is 1. The van der Waals surface area contributed by atoms with Crippen molar-refractivity contribution in [1.29, 1.82) is 0 Å². The van der Waals surface area contributed by atoms with Crippen LogP contribution < -0.4 is 10.2 Å². The number of nitrogens with zero attached hydrogens (tertiary/aromatic N) is 1. The molecule has 1 aliphatic rings. The summed E-state index contributed by atoms with van der Waals surface area (Å²) in [5.41, 5.74) is 0.721. The molecule has 0 bridgehead atoms. The van der Waals surface area contributed by atoms with Crippen molar-refractivity contribution in [2.45, 2.75) is 13.0 Å². The maximum atomic E-state index is 12.2. The van der Waals surface area contributed by atoms with Gasteiger partial charge in [0.05, 0.1) is 18.7 Å². The molecule has 0 radical (unpaired) electrons. The summed E-state index contributed by atoms with van der Waals surface area (Å²) >= 11 is 5.95. The number of furan rings is 1. The molecule has 22 heavy (non-hydrogen) atoms. The van der Waals surface area contributed by atoms with Crippen molar-refractivity contribution in [3.63, 3.8) is 0 Å². The van der Waals surface area contributed by atoms with Crippen LogP contribution in [0.3, 0.4) is 0 Å². The van der Waals surface area contributed by atoms with E-state index in [0.717, 1.165) is 5.69 Å². The fourth-order valence-corrected chi connectivity index (χ4v) is 2.69. The van der Waals surface area contributed by atoms with Crippen LogP contribution in [-0.4, -0.2) is 18.4 Å². The quantitative estimate of drug-likeness (QED) is 0.942. The van der Waals surface area contributed by atoms with Crippen molar-refractivity contribution in [2.75, 3.05) is 11.4 Å². The third kappa shape index (κ3) is 3.14. The van der Waals surface area contributed by atoms with Crippen LogP contribution in [0.25, 0.3) is 0 Å². The van der Waals surface area contributed by atoms with E-state index < -0.39 is 0 Å². The summed E-state index contributed by atoms with van der Waals surface area (Å²) in [5, 5.41) is 3.36. The third-order valence-electron chi connectivity index (χ3n) is 3.63. The lowest BCUT2D eigenvalue weighted by atomic mass is 10.1. The molecule has 0 spiro atoms. The smallest absolute Gasteiger partial charge is 0.227 e. The maximum Gasteiger partial charge on any atom is 0.227 e. The third-order valence-corrected chi connectivity index (χ3v) is 3.87. The fourth-order valence-electron chi connectivity index (χ4n) is 2.51. The van der Waals surface area contributed by atoms with Gasteiger partial charge in [-0.25, -0.2) is 0 Å². The van der Waals surface area contributed by atoms with E-state index in [1.807, 2.05) is 6.07 Å². The van der Waals surface area contributed by atoms with Gasteiger partial charge in [0.25, 0.3) is 0 Å². The van der Waals surface area contributed by atoms with Crippen LogP contribution in [0.4, 0.5) is 5.69 Å². The zero-order valence-corrected chi connectivity index (χ0v) is 12.5. The van der Waals surface area contributed by atoms with E-state index in [0.29, 0.717) is 23.9 Å². The lowest BCUT2D eigenvalue weighted by molar-refractivity contribution is -0.126. The predicted molar refractivity (Wildman–Crippen MR) is 82.5 cm³/mol. The van der Waals surface area contributed by atoms with Crippen molar-refractivity contribution in [3.05, 3.63) is 53.4 Å². The van der Waals surface area contributed by atoms with Crippen LogP contribution in [-0.2, 0) is 16.1 Å². The topological polar surface area (TPSA) is 62.6 Å². The van der Waals surface area contributed by atoms with Gasteiger partial charge in [-0.3, -0.25) is 9.59 Å². The summed E-state index contributed by atoms with van der Waals surface area (Å²) < 4.78 is 5.16. The average Bonchev–Trinajstić information content (AvgIpc) is 3.14. The Hall–Kier alpha value is -2.27. The molecule has 2 amide bonds. The summed E-state index contributed by atoms with van der Waals surface area (Å²) in [5.74, 6) is 0.112. The minimum atomic E-state index is -0.360. The second-order valence-corrected chi connectivity index (χ2v) is 5.62. The number of amides is 2. The van der Waals surface area contributed by atoms with Gasteiger partial charge >= 0.3 is 0 Å². The van der Waals surface area contributed by atoms with Crippen molar-refractivity contribution >= 4 is 29.1 Å². The van der Waals surface area contributed by atoms with Crippen LogP contribution in [0.2, 0.25) is 5.02 Å². The summed E-state index contributed by atoms with van der Waals surface area (Å²) in [6.45, 7) is 0.691. The molecule has 1 aromatic heterocycles. The van der Waals surface area contributed by atoms with Gasteiger partial charge in [0.1, 0.15) is 5.76 Å². The number of hydrogen-bond acceptors (Lipinski definition) is 3. The number of anilines is 1. The molecule has 1 atom stereocenters. The second-order valence-electron chi connectivity index (χ2n) is 5.18. The second kappa shape index (κ2) is 6.23. The monoisotopic (exact) mass is 318 g/mol. The van der Waals surface area contributed by atoms with Crippen LogP contribution in [0.15, 0.2) is 47.1 Å². The highest BCUT2D eigenvalue weighted by molar-refractivity contribution is 6.30.